The lowest BCUT2D eigenvalue weighted by Gasteiger charge is -2.14. The fourth-order valence-electron chi connectivity index (χ4n) is 1.70. The molecule has 0 fully saturated rings. The van der Waals surface area contributed by atoms with E-state index in [1.165, 1.54) is 6.07 Å². The molecule has 1 aromatic carbocycles. The van der Waals surface area contributed by atoms with Crippen LogP contribution in [0.1, 0.15) is 25.8 Å². The average molecular weight is 209 g/mol. The third-order valence-electron chi connectivity index (χ3n) is 2.33. The molecule has 0 saturated carbocycles. The smallest absolute Gasteiger partial charge is 0.122 e. The van der Waals surface area contributed by atoms with Crippen LogP contribution in [-0.2, 0) is 6.42 Å². The van der Waals surface area contributed by atoms with E-state index < -0.39 is 0 Å². The fourth-order valence-corrected chi connectivity index (χ4v) is 1.70. The molecule has 0 radical (unpaired) electrons. The number of nitrogens with two attached hydrogens (primary N) is 1. The van der Waals surface area contributed by atoms with Crippen LogP contribution in [0.25, 0.3) is 0 Å². The molecule has 0 spiro atoms. The molecule has 1 aromatic rings. The van der Waals surface area contributed by atoms with Gasteiger partial charge in [-0.1, -0.05) is 19.9 Å². The van der Waals surface area contributed by atoms with Crippen molar-refractivity contribution in [3.8, 4) is 11.5 Å². The Kier molecular flexibility index (Phi) is 3.97. The van der Waals surface area contributed by atoms with Gasteiger partial charge in [0.1, 0.15) is 11.5 Å². The first-order valence-corrected chi connectivity index (χ1v) is 5.25. The first-order valence-electron chi connectivity index (χ1n) is 5.25. The molecular formula is C12H19NO2. The van der Waals surface area contributed by atoms with E-state index in [1.807, 2.05) is 0 Å². The molecule has 0 heterocycles. The van der Waals surface area contributed by atoms with Gasteiger partial charge in [0.25, 0.3) is 0 Å². The number of phenolic OH excluding ortho intramolecular Hbond substituents is 2. The highest BCUT2D eigenvalue weighted by atomic mass is 16.3. The summed E-state index contributed by atoms with van der Waals surface area (Å²) in [4.78, 5) is 0. The quantitative estimate of drug-likeness (QED) is 0.710. The lowest BCUT2D eigenvalue weighted by atomic mass is 9.97. The first-order chi connectivity index (χ1) is 6.99. The van der Waals surface area contributed by atoms with E-state index in [4.69, 9.17) is 10.8 Å². The Bertz CT molecular complexity index is 323. The Morgan fingerprint density at radius 2 is 1.93 bits per heavy atom. The van der Waals surface area contributed by atoms with Gasteiger partial charge in [-0.15, -0.1) is 0 Å². The summed E-state index contributed by atoms with van der Waals surface area (Å²) in [6, 6.07) is 4.68. The minimum atomic E-state index is 0.0560. The number of phenols is 2. The van der Waals surface area contributed by atoms with Gasteiger partial charge in [0.05, 0.1) is 0 Å². The topological polar surface area (TPSA) is 66.5 Å². The van der Waals surface area contributed by atoms with Gasteiger partial charge in [0, 0.05) is 12.1 Å². The van der Waals surface area contributed by atoms with Crippen molar-refractivity contribution < 1.29 is 10.2 Å². The highest BCUT2D eigenvalue weighted by Gasteiger charge is 2.09. The number of hydrogen-bond acceptors (Lipinski definition) is 3. The van der Waals surface area contributed by atoms with E-state index in [1.54, 1.807) is 12.1 Å². The molecule has 0 bridgehead atoms. The van der Waals surface area contributed by atoms with Crippen LogP contribution < -0.4 is 5.73 Å². The molecule has 15 heavy (non-hydrogen) atoms. The van der Waals surface area contributed by atoms with Crippen molar-refractivity contribution in [1.82, 2.24) is 0 Å². The molecular weight excluding hydrogens is 190 g/mol. The van der Waals surface area contributed by atoms with Crippen LogP contribution in [0.5, 0.6) is 11.5 Å². The van der Waals surface area contributed by atoms with Crippen LogP contribution in [0, 0.1) is 5.92 Å². The summed E-state index contributed by atoms with van der Waals surface area (Å²) in [6.45, 7) is 4.24. The third kappa shape index (κ3) is 3.80. The Balaban J connectivity index is 2.64. The van der Waals surface area contributed by atoms with Gasteiger partial charge in [-0.2, -0.15) is 0 Å². The normalized spacial score (nSPS) is 13.1. The molecule has 0 amide bonds. The van der Waals surface area contributed by atoms with Crippen molar-refractivity contribution >= 4 is 0 Å². The summed E-state index contributed by atoms with van der Waals surface area (Å²) >= 11 is 0. The van der Waals surface area contributed by atoms with E-state index in [2.05, 4.69) is 13.8 Å². The van der Waals surface area contributed by atoms with E-state index in [0.29, 0.717) is 12.3 Å². The van der Waals surface area contributed by atoms with Crippen molar-refractivity contribution in [2.75, 3.05) is 0 Å². The van der Waals surface area contributed by atoms with Gasteiger partial charge in [0.2, 0.25) is 0 Å². The lowest BCUT2D eigenvalue weighted by molar-refractivity contribution is 0.438. The summed E-state index contributed by atoms with van der Waals surface area (Å²) in [5.41, 5.74) is 6.73. The lowest BCUT2D eigenvalue weighted by Crippen LogP contribution is -2.24. The van der Waals surface area contributed by atoms with E-state index in [-0.39, 0.29) is 17.5 Å². The molecule has 84 valence electrons. The second-order valence-corrected chi connectivity index (χ2v) is 4.41. The summed E-state index contributed by atoms with van der Waals surface area (Å²) in [6.07, 6.45) is 1.57. The van der Waals surface area contributed by atoms with E-state index in [9.17, 15) is 5.11 Å². The molecule has 1 rings (SSSR count). The summed E-state index contributed by atoms with van der Waals surface area (Å²) in [7, 11) is 0. The van der Waals surface area contributed by atoms with Crippen LogP contribution in [-0.4, -0.2) is 16.3 Å². The summed E-state index contributed by atoms with van der Waals surface area (Å²) in [5.74, 6) is 0.752. The van der Waals surface area contributed by atoms with Gasteiger partial charge in [0.15, 0.2) is 0 Å². The molecule has 1 atom stereocenters. The minimum absolute atomic E-state index is 0.0560. The molecule has 0 aliphatic carbocycles. The predicted molar refractivity (Wildman–Crippen MR) is 60.9 cm³/mol. The maximum atomic E-state index is 9.56. The maximum Gasteiger partial charge on any atom is 0.122 e. The van der Waals surface area contributed by atoms with Crippen LogP contribution in [0.4, 0.5) is 0 Å². The number of aromatic hydroxyl groups is 2. The standard InChI is InChI=1S/C12H19NO2/c1-8(2)5-10(13)6-9-3-4-11(14)7-12(9)15/h3-4,7-8,10,14-15H,5-6,13H2,1-2H3. The van der Waals surface area contributed by atoms with Gasteiger partial charge in [-0.25, -0.2) is 0 Å². The zero-order valence-corrected chi connectivity index (χ0v) is 9.27. The number of hydrogen-bond donors (Lipinski definition) is 3. The Morgan fingerprint density at radius 3 is 2.47 bits per heavy atom. The Hall–Kier alpha value is -1.22. The highest BCUT2D eigenvalue weighted by molar-refractivity contribution is 5.39. The van der Waals surface area contributed by atoms with Gasteiger partial charge < -0.3 is 15.9 Å². The number of rotatable bonds is 4. The van der Waals surface area contributed by atoms with Gasteiger partial charge in [-0.05, 0) is 30.4 Å². The zero-order valence-electron chi connectivity index (χ0n) is 9.27. The molecule has 0 aromatic heterocycles. The third-order valence-corrected chi connectivity index (χ3v) is 2.33. The van der Waals surface area contributed by atoms with Crippen molar-refractivity contribution in [3.63, 3.8) is 0 Å². The predicted octanol–water partition coefficient (Wildman–Crippen LogP) is 2.01. The van der Waals surface area contributed by atoms with Gasteiger partial charge >= 0.3 is 0 Å². The molecule has 3 heteroatoms. The van der Waals surface area contributed by atoms with Crippen LogP contribution >= 0.6 is 0 Å². The monoisotopic (exact) mass is 209 g/mol. The molecule has 0 saturated heterocycles. The second-order valence-electron chi connectivity index (χ2n) is 4.41. The minimum Gasteiger partial charge on any atom is -0.508 e. The van der Waals surface area contributed by atoms with Crippen molar-refractivity contribution in [2.45, 2.75) is 32.7 Å². The van der Waals surface area contributed by atoms with Crippen LogP contribution in [0.15, 0.2) is 18.2 Å². The van der Waals surface area contributed by atoms with Crippen molar-refractivity contribution in [1.29, 1.82) is 0 Å². The molecule has 4 N–H and O–H groups in total. The largest absolute Gasteiger partial charge is 0.508 e. The summed E-state index contributed by atoms with van der Waals surface area (Å²) in [5, 5.41) is 18.7. The maximum absolute atomic E-state index is 9.56. The highest BCUT2D eigenvalue weighted by Crippen LogP contribution is 2.24. The molecule has 0 aliphatic rings. The Morgan fingerprint density at radius 1 is 1.27 bits per heavy atom. The Labute approximate surface area is 90.5 Å². The SMILES string of the molecule is CC(C)CC(N)Cc1ccc(O)cc1O. The van der Waals surface area contributed by atoms with E-state index in [0.717, 1.165) is 12.0 Å². The molecule has 3 nitrogen and oxygen atoms in total. The first kappa shape index (κ1) is 11.9. The molecule has 1 unspecified atom stereocenters. The van der Waals surface area contributed by atoms with Gasteiger partial charge in [-0.3, -0.25) is 0 Å². The van der Waals surface area contributed by atoms with E-state index >= 15 is 0 Å². The zero-order chi connectivity index (χ0) is 11.4. The number of benzene rings is 1. The van der Waals surface area contributed by atoms with Crippen molar-refractivity contribution in [2.24, 2.45) is 11.7 Å². The average Bonchev–Trinajstić information content (AvgIpc) is 2.08. The van der Waals surface area contributed by atoms with Crippen molar-refractivity contribution in [3.05, 3.63) is 23.8 Å². The van der Waals surface area contributed by atoms with Crippen LogP contribution in [0.3, 0.4) is 0 Å². The second kappa shape index (κ2) is 5.03. The molecule has 0 aliphatic heterocycles. The van der Waals surface area contributed by atoms with Crippen LogP contribution in [0.2, 0.25) is 0 Å². The summed E-state index contributed by atoms with van der Waals surface area (Å²) < 4.78 is 0. The fraction of sp³-hybridized carbons (Fsp3) is 0.500.